The third-order valence-corrected chi connectivity index (χ3v) is 6.90. The maximum atomic E-state index is 13.6. The van der Waals surface area contributed by atoms with E-state index in [0.717, 1.165) is 5.56 Å². The molecule has 3 aromatic carbocycles. The number of nitrogens with zero attached hydrogens (tertiary/aromatic N) is 1. The summed E-state index contributed by atoms with van der Waals surface area (Å²) in [6.07, 6.45) is 0.0857. The zero-order valence-corrected chi connectivity index (χ0v) is 23.6. The van der Waals surface area contributed by atoms with Crippen LogP contribution in [-0.2, 0) is 22.4 Å². The number of carbonyl (C=O) groups excluding carboxylic acids is 3. The van der Waals surface area contributed by atoms with Crippen molar-refractivity contribution in [2.75, 3.05) is 11.9 Å². The lowest BCUT2D eigenvalue weighted by atomic mass is 9.75. The van der Waals surface area contributed by atoms with Crippen molar-refractivity contribution in [2.45, 2.75) is 32.1 Å². The minimum absolute atomic E-state index is 0.130. The second kappa shape index (κ2) is 14.7. The number of nitrogens with one attached hydrogen (secondary N) is 1. The highest BCUT2D eigenvalue weighted by Gasteiger charge is 2.31. The second-order valence-corrected chi connectivity index (χ2v) is 10.1. The van der Waals surface area contributed by atoms with E-state index in [0.29, 0.717) is 16.3 Å². The van der Waals surface area contributed by atoms with Gasteiger partial charge in [0.2, 0.25) is 5.91 Å². The molecule has 0 fully saturated rings. The monoisotopic (exact) mass is 578 g/mol. The topological polar surface area (TPSA) is 107 Å². The van der Waals surface area contributed by atoms with Crippen molar-refractivity contribution in [2.24, 2.45) is 5.92 Å². The molecule has 10 heteroatoms. The van der Waals surface area contributed by atoms with Crippen LogP contribution in [0.1, 0.15) is 34.8 Å². The Morgan fingerprint density at radius 1 is 0.950 bits per heavy atom. The van der Waals surface area contributed by atoms with Gasteiger partial charge in [0.1, 0.15) is 0 Å². The van der Waals surface area contributed by atoms with E-state index in [-0.39, 0.29) is 35.8 Å². The van der Waals surface area contributed by atoms with Crippen molar-refractivity contribution in [1.82, 2.24) is 5.32 Å². The van der Waals surface area contributed by atoms with Gasteiger partial charge in [-0.05, 0) is 67.1 Å². The Morgan fingerprint density at radius 2 is 1.65 bits per heavy atom. The molecule has 0 aromatic heterocycles. The normalized spacial score (nSPS) is 11.9. The lowest BCUT2D eigenvalue weighted by Gasteiger charge is -2.23. The van der Waals surface area contributed by atoms with Gasteiger partial charge in [0, 0.05) is 35.7 Å². The van der Waals surface area contributed by atoms with E-state index in [1.165, 1.54) is 17.0 Å². The van der Waals surface area contributed by atoms with Crippen LogP contribution in [0.4, 0.5) is 5.69 Å². The average molecular weight is 579 g/mol. The van der Waals surface area contributed by atoms with E-state index >= 15 is 0 Å². The Balaban J connectivity index is 1.89. The Kier molecular flexibility index (Phi) is 11.4. The molecule has 40 heavy (non-hydrogen) atoms. The van der Waals surface area contributed by atoms with Gasteiger partial charge < -0.3 is 20.3 Å². The molecule has 0 radical (unpaired) electrons. The Hall–Kier alpha value is -3.61. The molecule has 206 valence electrons. The number of hydrogen-bond acceptors (Lipinski definition) is 5. The number of Topliss-reactive ketones (excluding diaryl/α,β-unsaturated/α-hetero) is 1. The predicted octanol–water partition coefficient (Wildman–Crippen LogP) is 4.15. The number of anilines is 1. The molecule has 0 aliphatic carbocycles. The molecule has 0 saturated heterocycles. The van der Waals surface area contributed by atoms with Gasteiger partial charge in [-0.25, -0.2) is 0 Å². The summed E-state index contributed by atoms with van der Waals surface area (Å²) in [4.78, 5) is 40.5. The number of amides is 2. The van der Waals surface area contributed by atoms with Crippen molar-refractivity contribution in [1.29, 1.82) is 0 Å². The summed E-state index contributed by atoms with van der Waals surface area (Å²) in [6, 6.07) is 20.6. The minimum atomic E-state index is -1.83. The number of halogens is 2. The van der Waals surface area contributed by atoms with Crippen LogP contribution in [-0.4, -0.2) is 47.8 Å². The lowest BCUT2D eigenvalue weighted by Crippen LogP contribution is -2.50. The van der Waals surface area contributed by atoms with Gasteiger partial charge in [0.05, 0.1) is 11.0 Å². The van der Waals surface area contributed by atoms with Gasteiger partial charge in [0.25, 0.3) is 0 Å². The molecule has 0 saturated carbocycles. The summed E-state index contributed by atoms with van der Waals surface area (Å²) in [5.74, 6) is 1.84. The Bertz CT molecular complexity index is 1420. The molecule has 3 aromatic rings. The van der Waals surface area contributed by atoms with Gasteiger partial charge in [-0.3, -0.25) is 14.4 Å². The summed E-state index contributed by atoms with van der Waals surface area (Å²) < 4.78 is 0. The van der Waals surface area contributed by atoms with Crippen LogP contribution in [0.25, 0.3) is 0 Å². The minimum Gasteiger partial charge on any atom is -0.426 e. The number of carbonyl (C=O) groups is 3. The number of ketones is 1. The second-order valence-electron chi connectivity index (χ2n) is 9.28. The first kappa shape index (κ1) is 30.9. The zero-order chi connectivity index (χ0) is 29.2. The Morgan fingerprint density at radius 3 is 2.33 bits per heavy atom. The fourth-order valence-corrected chi connectivity index (χ4v) is 4.58. The summed E-state index contributed by atoms with van der Waals surface area (Å²) >= 11 is 12.3. The standard InChI is InChI=1S/C30H29BCl2N2O5/c1-3-8-29(37)35(2)24-12-7-11-21(16-24)15-22(18-27(36)25-19-23(32)13-14-26(25)33)30(38)34-28(31(39)40)17-20-9-5-4-6-10-20/h4-7,9-14,16,19,22,28,39-40H,15,17-18H2,1-2H3,(H,34,38)/t22-,28+/m1/s1. The molecule has 0 heterocycles. The van der Waals surface area contributed by atoms with Gasteiger partial charge in [0.15, 0.2) is 5.78 Å². The largest absolute Gasteiger partial charge is 0.475 e. The van der Waals surface area contributed by atoms with Crippen molar-refractivity contribution in [3.05, 3.63) is 99.5 Å². The van der Waals surface area contributed by atoms with E-state index in [1.807, 2.05) is 30.3 Å². The number of benzene rings is 3. The maximum absolute atomic E-state index is 13.6. The molecular formula is C30H29BCl2N2O5. The zero-order valence-electron chi connectivity index (χ0n) is 22.1. The van der Waals surface area contributed by atoms with Gasteiger partial charge >= 0.3 is 13.0 Å². The van der Waals surface area contributed by atoms with Crippen molar-refractivity contribution in [3.8, 4) is 11.8 Å². The van der Waals surface area contributed by atoms with Crippen LogP contribution in [0.5, 0.6) is 0 Å². The Labute approximate surface area is 244 Å². The fourth-order valence-electron chi connectivity index (χ4n) is 4.19. The molecule has 0 aliphatic heterocycles. The first-order valence-corrected chi connectivity index (χ1v) is 13.3. The third kappa shape index (κ3) is 8.70. The van der Waals surface area contributed by atoms with Crippen molar-refractivity contribution >= 4 is 53.6 Å². The summed E-state index contributed by atoms with van der Waals surface area (Å²) in [5, 5.41) is 23.3. The molecule has 2 atom stereocenters. The molecule has 0 spiro atoms. The lowest BCUT2D eigenvalue weighted by molar-refractivity contribution is -0.125. The molecule has 0 unspecified atom stereocenters. The van der Waals surface area contributed by atoms with E-state index in [9.17, 15) is 24.4 Å². The highest BCUT2D eigenvalue weighted by Crippen LogP contribution is 2.26. The van der Waals surface area contributed by atoms with Crippen molar-refractivity contribution < 1.29 is 24.4 Å². The quantitative estimate of drug-likeness (QED) is 0.180. The van der Waals surface area contributed by atoms with E-state index in [2.05, 4.69) is 17.2 Å². The van der Waals surface area contributed by atoms with E-state index in [4.69, 9.17) is 23.2 Å². The summed E-state index contributed by atoms with van der Waals surface area (Å²) in [5.41, 5.74) is 2.25. The highest BCUT2D eigenvalue weighted by molar-refractivity contribution is 6.43. The van der Waals surface area contributed by atoms with Gasteiger partial charge in [-0.1, -0.05) is 71.6 Å². The van der Waals surface area contributed by atoms with Crippen LogP contribution in [0.3, 0.4) is 0 Å². The summed E-state index contributed by atoms with van der Waals surface area (Å²) in [7, 11) is -0.233. The first-order chi connectivity index (χ1) is 19.1. The third-order valence-electron chi connectivity index (χ3n) is 6.33. The van der Waals surface area contributed by atoms with Gasteiger partial charge in [-0.15, -0.1) is 0 Å². The van der Waals surface area contributed by atoms with E-state index < -0.39 is 30.7 Å². The molecule has 3 rings (SSSR count). The van der Waals surface area contributed by atoms with Crippen molar-refractivity contribution in [3.63, 3.8) is 0 Å². The van der Waals surface area contributed by atoms with Crippen LogP contribution < -0.4 is 10.2 Å². The van der Waals surface area contributed by atoms with E-state index in [1.54, 1.807) is 44.3 Å². The number of hydrogen-bond donors (Lipinski definition) is 3. The summed E-state index contributed by atoms with van der Waals surface area (Å²) in [6.45, 7) is 1.57. The molecule has 2 amide bonds. The first-order valence-electron chi connectivity index (χ1n) is 12.6. The molecule has 0 aliphatic rings. The highest BCUT2D eigenvalue weighted by atomic mass is 35.5. The fraction of sp³-hybridized carbons (Fsp3) is 0.233. The molecular weight excluding hydrogens is 550 g/mol. The SMILES string of the molecule is CC#CC(=O)N(C)c1cccc(C[C@H](CC(=O)c2cc(Cl)ccc2Cl)C(=O)N[C@@H](Cc2ccccc2)B(O)O)c1. The smallest absolute Gasteiger partial charge is 0.426 e. The van der Waals surface area contributed by atoms with Crippen LogP contribution in [0, 0.1) is 17.8 Å². The van der Waals surface area contributed by atoms with Crippen LogP contribution in [0.2, 0.25) is 10.0 Å². The molecule has 7 nitrogen and oxygen atoms in total. The molecule has 0 bridgehead atoms. The van der Waals surface area contributed by atoms with Gasteiger partial charge in [-0.2, -0.15) is 0 Å². The van der Waals surface area contributed by atoms with Crippen LogP contribution in [0.15, 0.2) is 72.8 Å². The maximum Gasteiger partial charge on any atom is 0.475 e. The average Bonchev–Trinajstić information content (AvgIpc) is 2.93. The van der Waals surface area contributed by atoms with Crippen LogP contribution >= 0.6 is 23.2 Å². The molecule has 3 N–H and O–H groups in total. The number of rotatable bonds is 11. The predicted molar refractivity (Wildman–Crippen MR) is 158 cm³/mol.